The number of aryl methyl sites for hydroxylation is 2. The molecule has 1 heterocycles. The van der Waals surface area contributed by atoms with Crippen molar-refractivity contribution < 1.29 is 13.6 Å². The molecule has 34 heavy (non-hydrogen) atoms. The van der Waals surface area contributed by atoms with Crippen LogP contribution in [0.25, 0.3) is 11.1 Å². The minimum absolute atomic E-state index is 0.139. The molecule has 3 rings (SSSR count). The zero-order valence-electron chi connectivity index (χ0n) is 24.0. The molecule has 0 unspecified atom stereocenters. The standard InChI is InChI=1S/C29H46O3Si2/c1-19-15-21-22-16-20(2)25(32-34(13,14)28(6,7)8)18-26(22)30-29(9,10)23(21)17-24(19)31-33(11,12)27(3,4)5/h15-18H,1-14H3. The van der Waals surface area contributed by atoms with Crippen molar-refractivity contribution in [2.24, 2.45) is 0 Å². The van der Waals surface area contributed by atoms with Gasteiger partial charge in [-0.3, -0.25) is 0 Å². The van der Waals surface area contributed by atoms with Gasteiger partial charge in [-0.1, -0.05) is 41.5 Å². The highest BCUT2D eigenvalue weighted by atomic mass is 28.4. The van der Waals surface area contributed by atoms with Crippen LogP contribution >= 0.6 is 0 Å². The van der Waals surface area contributed by atoms with Crippen LogP contribution in [0.4, 0.5) is 0 Å². The summed E-state index contributed by atoms with van der Waals surface area (Å²) in [4.78, 5) is 0. The van der Waals surface area contributed by atoms with E-state index < -0.39 is 22.2 Å². The van der Waals surface area contributed by atoms with Gasteiger partial charge in [0.2, 0.25) is 16.6 Å². The summed E-state index contributed by atoms with van der Waals surface area (Å²) in [6, 6.07) is 8.86. The SMILES string of the molecule is Cc1cc2c(cc1O[Si](C)(C)C(C)(C)C)OC(C)(C)c1cc(O[Si](C)(C)C(C)(C)C)c(C)cc1-2. The topological polar surface area (TPSA) is 27.7 Å². The van der Waals surface area contributed by atoms with Crippen molar-refractivity contribution in [1.82, 2.24) is 0 Å². The van der Waals surface area contributed by atoms with Crippen LogP contribution in [0.2, 0.25) is 36.3 Å². The maximum Gasteiger partial charge on any atom is 0.250 e. The molecule has 0 atom stereocenters. The fourth-order valence-electron chi connectivity index (χ4n) is 3.78. The highest BCUT2D eigenvalue weighted by Gasteiger charge is 2.42. The second-order valence-electron chi connectivity index (χ2n) is 13.6. The van der Waals surface area contributed by atoms with Gasteiger partial charge < -0.3 is 13.6 Å². The molecule has 2 aromatic rings. The van der Waals surface area contributed by atoms with E-state index in [9.17, 15) is 0 Å². The zero-order chi connectivity index (χ0) is 26.1. The summed E-state index contributed by atoms with van der Waals surface area (Å²) in [6.45, 7) is 31.4. The molecule has 0 amide bonds. The van der Waals surface area contributed by atoms with Gasteiger partial charge in [0.1, 0.15) is 22.8 Å². The lowest BCUT2D eigenvalue weighted by Crippen LogP contribution is -2.44. The van der Waals surface area contributed by atoms with Gasteiger partial charge in [-0.25, -0.2) is 0 Å². The Hall–Kier alpha value is -1.73. The second-order valence-corrected chi connectivity index (χ2v) is 23.1. The van der Waals surface area contributed by atoms with Gasteiger partial charge in [-0.05, 0) is 98.8 Å². The average Bonchev–Trinajstić information content (AvgIpc) is 2.62. The Bertz CT molecular complexity index is 1100. The Morgan fingerprint density at radius 2 is 1.09 bits per heavy atom. The number of rotatable bonds is 4. The first-order valence-electron chi connectivity index (χ1n) is 12.5. The van der Waals surface area contributed by atoms with Crippen molar-refractivity contribution in [3.63, 3.8) is 0 Å². The highest BCUT2D eigenvalue weighted by molar-refractivity contribution is 6.75. The van der Waals surface area contributed by atoms with E-state index in [1.807, 2.05) is 0 Å². The van der Waals surface area contributed by atoms with Crippen molar-refractivity contribution in [2.45, 2.75) is 111 Å². The predicted molar refractivity (Wildman–Crippen MR) is 151 cm³/mol. The highest BCUT2D eigenvalue weighted by Crippen LogP contribution is 2.50. The van der Waals surface area contributed by atoms with E-state index in [0.717, 1.165) is 28.4 Å². The Labute approximate surface area is 210 Å². The van der Waals surface area contributed by atoms with Crippen LogP contribution < -0.4 is 13.6 Å². The Morgan fingerprint density at radius 3 is 1.53 bits per heavy atom. The fraction of sp³-hybridized carbons (Fsp3) is 0.586. The largest absolute Gasteiger partial charge is 0.543 e. The maximum absolute atomic E-state index is 6.74. The van der Waals surface area contributed by atoms with Crippen LogP contribution in [0.1, 0.15) is 72.1 Å². The number of benzene rings is 2. The molecule has 2 aromatic carbocycles. The Balaban J connectivity index is 2.11. The molecule has 0 saturated heterocycles. The molecule has 0 aliphatic carbocycles. The second kappa shape index (κ2) is 8.16. The van der Waals surface area contributed by atoms with E-state index in [2.05, 4.69) is 120 Å². The third-order valence-corrected chi connectivity index (χ3v) is 16.9. The number of ether oxygens (including phenoxy) is 1. The minimum Gasteiger partial charge on any atom is -0.543 e. The lowest BCUT2D eigenvalue weighted by atomic mass is 9.84. The van der Waals surface area contributed by atoms with Crippen LogP contribution in [0, 0.1) is 13.8 Å². The van der Waals surface area contributed by atoms with Gasteiger partial charge in [0.15, 0.2) is 0 Å². The lowest BCUT2D eigenvalue weighted by molar-refractivity contribution is 0.105. The van der Waals surface area contributed by atoms with Gasteiger partial charge in [-0.2, -0.15) is 0 Å². The van der Waals surface area contributed by atoms with Crippen molar-refractivity contribution in [3.8, 4) is 28.4 Å². The van der Waals surface area contributed by atoms with Crippen molar-refractivity contribution >= 4 is 16.6 Å². The zero-order valence-corrected chi connectivity index (χ0v) is 26.0. The van der Waals surface area contributed by atoms with Gasteiger partial charge in [-0.15, -0.1) is 0 Å². The molecule has 0 aromatic heterocycles. The lowest BCUT2D eigenvalue weighted by Gasteiger charge is -2.40. The molecule has 0 saturated carbocycles. The van der Waals surface area contributed by atoms with Crippen molar-refractivity contribution in [2.75, 3.05) is 0 Å². The van der Waals surface area contributed by atoms with Crippen LogP contribution in [-0.4, -0.2) is 16.6 Å². The molecule has 0 radical (unpaired) electrons. The van der Waals surface area contributed by atoms with E-state index in [1.54, 1.807) is 0 Å². The van der Waals surface area contributed by atoms with E-state index in [4.69, 9.17) is 13.6 Å². The van der Waals surface area contributed by atoms with E-state index in [-0.39, 0.29) is 10.1 Å². The maximum atomic E-state index is 6.74. The Morgan fingerprint density at radius 1 is 0.676 bits per heavy atom. The number of fused-ring (bicyclic) bond motifs is 3. The molecule has 0 bridgehead atoms. The van der Waals surface area contributed by atoms with E-state index in [1.165, 1.54) is 16.7 Å². The minimum atomic E-state index is -1.95. The van der Waals surface area contributed by atoms with Crippen LogP contribution in [0.3, 0.4) is 0 Å². The first kappa shape index (κ1) is 26.9. The number of hydrogen-bond donors (Lipinski definition) is 0. The molecular weight excluding hydrogens is 452 g/mol. The molecule has 0 spiro atoms. The molecule has 188 valence electrons. The molecule has 5 heteroatoms. The summed E-state index contributed by atoms with van der Waals surface area (Å²) in [5, 5.41) is 0.283. The molecule has 1 aliphatic heterocycles. The molecule has 1 aliphatic rings. The third kappa shape index (κ3) is 4.83. The predicted octanol–water partition coefficient (Wildman–Crippen LogP) is 9.37. The molecule has 3 nitrogen and oxygen atoms in total. The first-order chi connectivity index (χ1) is 15.2. The van der Waals surface area contributed by atoms with Gasteiger partial charge in [0.25, 0.3) is 0 Å². The van der Waals surface area contributed by atoms with Crippen LogP contribution in [-0.2, 0) is 5.60 Å². The van der Waals surface area contributed by atoms with Gasteiger partial charge >= 0.3 is 0 Å². The van der Waals surface area contributed by atoms with Crippen molar-refractivity contribution in [3.05, 3.63) is 41.0 Å². The third-order valence-electron chi connectivity index (χ3n) is 8.24. The van der Waals surface area contributed by atoms with Gasteiger partial charge in [0, 0.05) is 17.2 Å². The van der Waals surface area contributed by atoms with Crippen molar-refractivity contribution in [1.29, 1.82) is 0 Å². The smallest absolute Gasteiger partial charge is 0.250 e. The monoisotopic (exact) mass is 498 g/mol. The first-order valence-corrected chi connectivity index (χ1v) is 18.4. The van der Waals surface area contributed by atoms with E-state index in [0.29, 0.717) is 0 Å². The van der Waals surface area contributed by atoms with Gasteiger partial charge in [0.05, 0.1) is 0 Å². The molecular formula is C29H46O3Si2. The van der Waals surface area contributed by atoms with Crippen LogP contribution in [0.5, 0.6) is 17.2 Å². The summed E-state index contributed by atoms with van der Waals surface area (Å²) in [6.07, 6.45) is 0. The normalized spacial score (nSPS) is 15.8. The van der Waals surface area contributed by atoms with E-state index >= 15 is 0 Å². The van der Waals surface area contributed by atoms with Crippen LogP contribution in [0.15, 0.2) is 24.3 Å². The summed E-state index contributed by atoms with van der Waals surface area (Å²) in [5.41, 5.74) is 5.40. The Kier molecular flexibility index (Phi) is 6.45. The summed E-state index contributed by atoms with van der Waals surface area (Å²) in [7, 11) is -3.90. The molecule has 0 fully saturated rings. The number of hydrogen-bond acceptors (Lipinski definition) is 3. The quantitative estimate of drug-likeness (QED) is 0.393. The summed E-state index contributed by atoms with van der Waals surface area (Å²) in [5.74, 6) is 2.83. The fourth-order valence-corrected chi connectivity index (χ4v) is 5.93. The summed E-state index contributed by atoms with van der Waals surface area (Å²) >= 11 is 0. The molecule has 0 N–H and O–H groups in total. The average molecular weight is 499 g/mol. The summed E-state index contributed by atoms with van der Waals surface area (Å²) < 4.78 is 20.1.